The lowest BCUT2D eigenvalue weighted by Crippen LogP contribution is -2.37. The van der Waals surface area contributed by atoms with Crippen LogP contribution in [0.2, 0.25) is 5.15 Å². The fourth-order valence-electron chi connectivity index (χ4n) is 3.48. The number of morpholine rings is 1. The van der Waals surface area contributed by atoms with Crippen LogP contribution < -0.4 is 10.2 Å². The number of nitrogens with zero attached hydrogens (tertiary/aromatic N) is 5. The van der Waals surface area contributed by atoms with Gasteiger partial charge in [-0.15, -0.1) is 0 Å². The second-order valence-electron chi connectivity index (χ2n) is 6.74. The quantitative estimate of drug-likeness (QED) is 0.772. The van der Waals surface area contributed by atoms with Crippen LogP contribution in [0.5, 0.6) is 0 Å². The average Bonchev–Trinajstić information content (AvgIpc) is 3.18. The average molecular weight is 407 g/mol. The zero-order valence-electron chi connectivity index (χ0n) is 15.7. The smallest absolute Gasteiger partial charge is 0.409 e. The van der Waals surface area contributed by atoms with Crippen LogP contribution in [0.25, 0.3) is 10.9 Å². The minimum atomic E-state index is -0.277. The van der Waals surface area contributed by atoms with Gasteiger partial charge in [-0.05, 0) is 19.4 Å². The van der Waals surface area contributed by atoms with Gasteiger partial charge in [0.2, 0.25) is 5.95 Å². The monoisotopic (exact) mass is 406 g/mol. The van der Waals surface area contributed by atoms with Crippen LogP contribution in [0.3, 0.4) is 0 Å². The normalized spacial score (nSPS) is 19.9. The molecule has 0 spiro atoms. The minimum Gasteiger partial charge on any atom is -0.450 e. The molecule has 0 unspecified atom stereocenters. The van der Waals surface area contributed by atoms with Crippen LogP contribution in [-0.4, -0.2) is 78.0 Å². The molecular weight excluding hydrogens is 384 g/mol. The van der Waals surface area contributed by atoms with E-state index in [1.54, 1.807) is 11.1 Å². The zero-order valence-corrected chi connectivity index (χ0v) is 16.5. The molecule has 4 heterocycles. The van der Waals surface area contributed by atoms with Gasteiger partial charge in [-0.1, -0.05) is 11.6 Å². The largest absolute Gasteiger partial charge is 0.450 e. The van der Waals surface area contributed by atoms with Crippen molar-refractivity contribution in [2.75, 3.05) is 56.2 Å². The first-order valence-electron chi connectivity index (χ1n) is 9.49. The maximum Gasteiger partial charge on any atom is 0.409 e. The van der Waals surface area contributed by atoms with Crippen molar-refractivity contribution >= 4 is 40.4 Å². The first-order valence-corrected chi connectivity index (χ1v) is 9.86. The lowest BCUT2D eigenvalue weighted by molar-refractivity contribution is 0.115. The second kappa shape index (κ2) is 8.32. The SMILES string of the molecule is CCOC(=O)N1CC[C@@H](Nc2nc(N3CCOCC3)nc3c(Cl)nccc23)C1. The predicted octanol–water partition coefficient (Wildman–Crippen LogP) is 2.16. The summed E-state index contributed by atoms with van der Waals surface area (Å²) >= 11 is 6.31. The maximum absolute atomic E-state index is 12.0. The van der Waals surface area contributed by atoms with Gasteiger partial charge in [0, 0.05) is 43.8 Å². The fraction of sp³-hybridized carbons (Fsp3) is 0.556. The van der Waals surface area contributed by atoms with Crippen molar-refractivity contribution in [3.63, 3.8) is 0 Å². The lowest BCUT2D eigenvalue weighted by atomic mass is 10.2. The third kappa shape index (κ3) is 3.90. The Morgan fingerprint density at radius 1 is 1.36 bits per heavy atom. The third-order valence-corrected chi connectivity index (χ3v) is 5.18. The molecule has 4 rings (SSSR count). The van der Waals surface area contributed by atoms with Crippen molar-refractivity contribution in [2.24, 2.45) is 0 Å². The van der Waals surface area contributed by atoms with Gasteiger partial charge in [0.05, 0.1) is 19.8 Å². The number of carbonyl (C=O) groups is 1. The number of amides is 1. The van der Waals surface area contributed by atoms with Gasteiger partial charge in [0.1, 0.15) is 11.3 Å². The number of nitrogens with one attached hydrogen (secondary N) is 1. The Hall–Kier alpha value is -2.39. The standard InChI is InChI=1S/C18H23ClN6O3/c1-2-28-18(26)25-6-4-12(11-25)21-16-13-3-5-20-15(19)14(13)22-17(23-16)24-7-9-27-10-8-24/h3,5,12H,2,4,6-11H2,1H3,(H,21,22,23)/t12-/m1/s1. The summed E-state index contributed by atoms with van der Waals surface area (Å²) in [6, 6.07) is 1.93. The molecule has 0 radical (unpaired) electrons. The Morgan fingerprint density at radius 2 is 2.18 bits per heavy atom. The molecule has 1 atom stereocenters. The van der Waals surface area contributed by atoms with E-state index in [0.29, 0.717) is 55.3 Å². The van der Waals surface area contributed by atoms with E-state index in [4.69, 9.17) is 26.1 Å². The lowest BCUT2D eigenvalue weighted by Gasteiger charge is -2.27. The molecular formula is C18H23ClN6O3. The predicted molar refractivity (Wildman–Crippen MR) is 106 cm³/mol. The molecule has 10 heteroatoms. The molecule has 2 aliphatic rings. The summed E-state index contributed by atoms with van der Waals surface area (Å²) in [4.78, 5) is 29.3. The number of halogens is 1. The van der Waals surface area contributed by atoms with Crippen molar-refractivity contribution in [3.05, 3.63) is 17.4 Å². The van der Waals surface area contributed by atoms with Crippen molar-refractivity contribution < 1.29 is 14.3 Å². The number of rotatable bonds is 4. The van der Waals surface area contributed by atoms with Crippen LogP contribution in [0, 0.1) is 0 Å². The number of hydrogen-bond donors (Lipinski definition) is 1. The third-order valence-electron chi connectivity index (χ3n) is 4.91. The highest BCUT2D eigenvalue weighted by Crippen LogP contribution is 2.29. The second-order valence-corrected chi connectivity index (χ2v) is 7.10. The van der Waals surface area contributed by atoms with Crippen LogP contribution in [0.4, 0.5) is 16.6 Å². The van der Waals surface area contributed by atoms with E-state index >= 15 is 0 Å². The topological polar surface area (TPSA) is 92.7 Å². The molecule has 0 bridgehead atoms. The number of hydrogen-bond acceptors (Lipinski definition) is 8. The summed E-state index contributed by atoms with van der Waals surface area (Å²) < 4.78 is 10.5. The highest BCUT2D eigenvalue weighted by molar-refractivity contribution is 6.34. The van der Waals surface area contributed by atoms with Crippen LogP contribution in [-0.2, 0) is 9.47 Å². The number of likely N-dealkylation sites (tertiary alicyclic amines) is 1. The summed E-state index contributed by atoms with van der Waals surface area (Å²) in [5, 5.41) is 4.63. The van der Waals surface area contributed by atoms with E-state index in [1.165, 1.54) is 0 Å². The summed E-state index contributed by atoms with van der Waals surface area (Å²) in [5.74, 6) is 1.31. The van der Waals surface area contributed by atoms with Crippen LogP contribution in [0.15, 0.2) is 12.3 Å². The van der Waals surface area contributed by atoms with Gasteiger partial charge in [0.25, 0.3) is 0 Å². The summed E-state index contributed by atoms with van der Waals surface area (Å²) in [7, 11) is 0. The zero-order chi connectivity index (χ0) is 19.5. The number of ether oxygens (including phenoxy) is 2. The fourth-order valence-corrected chi connectivity index (χ4v) is 3.68. The Morgan fingerprint density at radius 3 is 2.96 bits per heavy atom. The van der Waals surface area contributed by atoms with Gasteiger partial charge < -0.3 is 24.6 Å². The Bertz CT molecular complexity index is 861. The molecule has 0 aromatic carbocycles. The molecule has 0 saturated carbocycles. The number of anilines is 2. The number of aromatic nitrogens is 3. The van der Waals surface area contributed by atoms with Crippen molar-refractivity contribution in [2.45, 2.75) is 19.4 Å². The highest BCUT2D eigenvalue weighted by atomic mass is 35.5. The summed E-state index contributed by atoms with van der Waals surface area (Å²) in [6.45, 7) is 6.13. The Kier molecular flexibility index (Phi) is 5.63. The molecule has 1 amide bonds. The van der Waals surface area contributed by atoms with Gasteiger partial charge in [-0.2, -0.15) is 4.98 Å². The van der Waals surface area contributed by atoms with E-state index in [0.717, 1.165) is 24.9 Å². The summed E-state index contributed by atoms with van der Waals surface area (Å²) in [5.41, 5.74) is 0.614. The first-order chi connectivity index (χ1) is 13.7. The maximum atomic E-state index is 12.0. The van der Waals surface area contributed by atoms with Gasteiger partial charge in [-0.3, -0.25) is 0 Å². The van der Waals surface area contributed by atoms with Gasteiger partial charge in [-0.25, -0.2) is 14.8 Å². The van der Waals surface area contributed by atoms with Crippen molar-refractivity contribution in [1.82, 2.24) is 19.9 Å². The molecule has 2 aromatic rings. The van der Waals surface area contributed by atoms with Crippen LogP contribution in [0.1, 0.15) is 13.3 Å². The molecule has 2 saturated heterocycles. The molecule has 28 heavy (non-hydrogen) atoms. The Balaban J connectivity index is 1.60. The molecule has 150 valence electrons. The number of pyridine rings is 1. The van der Waals surface area contributed by atoms with E-state index in [1.807, 2.05) is 13.0 Å². The van der Waals surface area contributed by atoms with E-state index in [9.17, 15) is 4.79 Å². The van der Waals surface area contributed by atoms with Crippen molar-refractivity contribution in [3.8, 4) is 0 Å². The molecule has 2 aromatic heterocycles. The molecule has 2 aliphatic heterocycles. The molecule has 2 fully saturated rings. The van der Waals surface area contributed by atoms with E-state index in [-0.39, 0.29) is 12.1 Å². The number of fused-ring (bicyclic) bond motifs is 1. The number of carbonyl (C=O) groups excluding carboxylic acids is 1. The highest BCUT2D eigenvalue weighted by Gasteiger charge is 2.28. The van der Waals surface area contributed by atoms with Crippen molar-refractivity contribution in [1.29, 1.82) is 0 Å². The molecule has 1 N–H and O–H groups in total. The Labute approximate surface area is 168 Å². The molecule has 0 aliphatic carbocycles. The van der Waals surface area contributed by atoms with Gasteiger partial charge >= 0.3 is 6.09 Å². The van der Waals surface area contributed by atoms with Gasteiger partial charge in [0.15, 0.2) is 5.15 Å². The molecule has 9 nitrogen and oxygen atoms in total. The van der Waals surface area contributed by atoms with E-state index in [2.05, 4.69) is 20.2 Å². The van der Waals surface area contributed by atoms with Crippen LogP contribution >= 0.6 is 11.6 Å². The minimum absolute atomic E-state index is 0.0759. The van der Waals surface area contributed by atoms with E-state index < -0.39 is 0 Å². The summed E-state index contributed by atoms with van der Waals surface area (Å²) in [6.07, 6.45) is 2.18. The first kappa shape index (κ1) is 18.9.